The third-order valence-corrected chi connectivity index (χ3v) is 5.74. The van der Waals surface area contributed by atoms with Crippen LogP contribution in [0.25, 0.3) is 5.57 Å². The lowest BCUT2D eigenvalue weighted by Gasteiger charge is -2.17. The molecule has 2 atom stereocenters. The fraction of sp³-hybridized carbons (Fsp3) is 0.500. The van der Waals surface area contributed by atoms with Crippen molar-refractivity contribution in [1.82, 2.24) is 5.32 Å². The van der Waals surface area contributed by atoms with E-state index in [1.165, 1.54) is 6.07 Å². The molecule has 0 aliphatic heterocycles. The van der Waals surface area contributed by atoms with Gasteiger partial charge in [-0.05, 0) is 36.3 Å². The Hall–Kier alpha value is -1.43. The quantitative estimate of drug-likeness (QED) is 0.796. The van der Waals surface area contributed by atoms with Gasteiger partial charge < -0.3 is 5.32 Å². The Bertz CT molecular complexity index is 639. The number of allylic oxidation sites excluding steroid dienone is 2. The maximum atomic E-state index is 13.0. The first-order chi connectivity index (χ1) is 11.3. The van der Waals surface area contributed by atoms with Crippen LogP contribution in [0.1, 0.15) is 37.8 Å². The second kappa shape index (κ2) is 7.64. The molecule has 0 aromatic heterocycles. The van der Waals surface area contributed by atoms with E-state index in [-0.39, 0.29) is 17.0 Å². The Morgan fingerprint density at radius 2 is 2.08 bits per heavy atom. The molecule has 0 spiro atoms. The number of benzene rings is 1. The average Bonchev–Trinajstić information content (AvgIpc) is 2.88. The van der Waals surface area contributed by atoms with Crippen molar-refractivity contribution in [2.24, 2.45) is 5.92 Å². The summed E-state index contributed by atoms with van der Waals surface area (Å²) < 4.78 is 38.9. The second-order valence-corrected chi connectivity index (χ2v) is 7.42. The Morgan fingerprint density at radius 3 is 2.67 bits per heavy atom. The molecule has 24 heavy (non-hydrogen) atoms. The molecule has 2 rings (SSSR count). The van der Waals surface area contributed by atoms with Gasteiger partial charge in [-0.2, -0.15) is 24.9 Å². The van der Waals surface area contributed by atoms with Crippen LogP contribution in [-0.2, 0) is 11.0 Å². The predicted molar refractivity (Wildman–Crippen MR) is 92.7 cm³/mol. The van der Waals surface area contributed by atoms with Crippen LogP contribution in [0.15, 0.2) is 30.0 Å². The van der Waals surface area contributed by atoms with E-state index in [1.54, 1.807) is 24.9 Å². The molecular formula is C18H22F3NOS. The summed E-state index contributed by atoms with van der Waals surface area (Å²) in [6, 6.07) is 5.02. The monoisotopic (exact) mass is 357 g/mol. The summed E-state index contributed by atoms with van der Waals surface area (Å²) in [4.78, 5) is 12.8. The van der Waals surface area contributed by atoms with Gasteiger partial charge in [0.05, 0.1) is 5.56 Å². The van der Waals surface area contributed by atoms with E-state index in [1.807, 2.05) is 6.92 Å². The van der Waals surface area contributed by atoms with Gasteiger partial charge in [0.1, 0.15) is 0 Å². The highest BCUT2D eigenvalue weighted by Gasteiger charge is 2.38. The Kier molecular flexibility index (Phi) is 6.01. The molecule has 0 saturated carbocycles. The van der Waals surface area contributed by atoms with Crippen molar-refractivity contribution in [2.75, 3.05) is 12.8 Å². The molecule has 1 N–H and O–H groups in total. The lowest BCUT2D eigenvalue weighted by atomic mass is 9.96. The second-order valence-electron chi connectivity index (χ2n) is 5.93. The van der Waals surface area contributed by atoms with Gasteiger partial charge in [0, 0.05) is 29.5 Å². The molecule has 2 unspecified atom stereocenters. The van der Waals surface area contributed by atoms with Gasteiger partial charge in [-0.3, -0.25) is 4.79 Å². The Balaban J connectivity index is 2.33. The lowest BCUT2D eigenvalue weighted by Crippen LogP contribution is -2.21. The number of thioether (sulfide) groups is 1. The number of Topliss-reactive ketones (excluding diaryl/α,β-unsaturated/α-hetero) is 1. The predicted octanol–water partition coefficient (Wildman–Crippen LogP) is 4.76. The summed E-state index contributed by atoms with van der Waals surface area (Å²) in [5.74, 6) is 0.724. The van der Waals surface area contributed by atoms with Crippen LogP contribution >= 0.6 is 11.8 Å². The summed E-state index contributed by atoms with van der Waals surface area (Å²) in [5, 5.41) is 3.15. The third kappa shape index (κ3) is 3.97. The van der Waals surface area contributed by atoms with E-state index in [0.29, 0.717) is 17.6 Å². The average molecular weight is 357 g/mol. The summed E-state index contributed by atoms with van der Waals surface area (Å²) in [5.41, 5.74) is 0.743. The van der Waals surface area contributed by atoms with E-state index in [9.17, 15) is 18.0 Å². The molecule has 1 aromatic rings. The topological polar surface area (TPSA) is 29.1 Å². The molecule has 1 aliphatic carbocycles. The van der Waals surface area contributed by atoms with E-state index >= 15 is 0 Å². The highest BCUT2D eigenvalue weighted by atomic mass is 32.2. The number of carbonyl (C=O) groups is 1. The fourth-order valence-corrected chi connectivity index (χ4v) is 4.00. The number of ketones is 1. The zero-order valence-electron chi connectivity index (χ0n) is 14.0. The van der Waals surface area contributed by atoms with Crippen LogP contribution in [0.3, 0.4) is 0 Å². The van der Waals surface area contributed by atoms with Crippen molar-refractivity contribution in [2.45, 2.75) is 38.1 Å². The number of alkyl halides is 3. The molecule has 2 nitrogen and oxygen atoms in total. The molecule has 0 radical (unpaired) electrons. The summed E-state index contributed by atoms with van der Waals surface area (Å²) in [6.07, 6.45) is -2.83. The number of nitrogens with one attached hydrogen (secondary N) is 1. The van der Waals surface area contributed by atoms with Crippen molar-refractivity contribution < 1.29 is 18.0 Å². The minimum atomic E-state index is -4.41. The maximum absolute atomic E-state index is 13.0. The standard InChI is InChI=1S/C18H22F3NOS/c1-4-8-24-11(2)14-10-15(22-3)16(17(14)23)12-6-5-7-13(9-12)18(19,20)21/h5-7,9,11,14,22H,4,8,10H2,1-3H3. The smallest absolute Gasteiger partial charge is 0.391 e. The maximum Gasteiger partial charge on any atom is 0.416 e. The van der Waals surface area contributed by atoms with Gasteiger partial charge in [-0.15, -0.1) is 0 Å². The molecule has 0 amide bonds. The fourth-order valence-electron chi connectivity index (χ4n) is 2.94. The molecule has 1 aromatic carbocycles. The van der Waals surface area contributed by atoms with Crippen molar-refractivity contribution in [3.05, 3.63) is 41.1 Å². The van der Waals surface area contributed by atoms with Crippen molar-refractivity contribution >= 4 is 23.1 Å². The molecule has 0 saturated heterocycles. The third-order valence-electron chi connectivity index (χ3n) is 4.24. The number of halogens is 3. The first kappa shape index (κ1) is 18.9. The highest BCUT2D eigenvalue weighted by molar-refractivity contribution is 7.99. The van der Waals surface area contributed by atoms with Gasteiger partial charge in [-0.25, -0.2) is 0 Å². The van der Waals surface area contributed by atoms with E-state index in [4.69, 9.17) is 0 Å². The number of hydrogen-bond acceptors (Lipinski definition) is 3. The van der Waals surface area contributed by atoms with Crippen LogP contribution in [0.4, 0.5) is 13.2 Å². The van der Waals surface area contributed by atoms with Gasteiger partial charge in [0.15, 0.2) is 5.78 Å². The van der Waals surface area contributed by atoms with Crippen molar-refractivity contribution in [1.29, 1.82) is 0 Å². The minimum absolute atomic E-state index is 0.0604. The Morgan fingerprint density at radius 1 is 1.38 bits per heavy atom. The van der Waals surface area contributed by atoms with Gasteiger partial charge in [0.2, 0.25) is 0 Å². The molecule has 0 fully saturated rings. The van der Waals surface area contributed by atoms with Gasteiger partial charge in [-0.1, -0.05) is 26.0 Å². The normalized spacial score (nSPS) is 19.8. The molecule has 0 bridgehead atoms. The number of hydrogen-bond donors (Lipinski definition) is 1. The molecule has 132 valence electrons. The summed E-state index contributed by atoms with van der Waals surface area (Å²) in [7, 11) is 1.71. The minimum Gasteiger partial charge on any atom is -0.391 e. The van der Waals surface area contributed by atoms with E-state index in [2.05, 4.69) is 12.2 Å². The zero-order valence-corrected chi connectivity index (χ0v) is 14.9. The summed E-state index contributed by atoms with van der Waals surface area (Å²) in [6.45, 7) is 4.10. The van der Waals surface area contributed by atoms with Crippen LogP contribution in [-0.4, -0.2) is 23.8 Å². The molecular weight excluding hydrogens is 335 g/mol. The number of rotatable bonds is 6. The van der Waals surface area contributed by atoms with Crippen LogP contribution < -0.4 is 5.32 Å². The van der Waals surface area contributed by atoms with Crippen LogP contribution in [0, 0.1) is 5.92 Å². The first-order valence-electron chi connectivity index (χ1n) is 8.04. The van der Waals surface area contributed by atoms with Gasteiger partial charge in [0.25, 0.3) is 0 Å². The summed E-state index contributed by atoms with van der Waals surface area (Å²) >= 11 is 1.74. The van der Waals surface area contributed by atoms with Crippen LogP contribution in [0.2, 0.25) is 0 Å². The van der Waals surface area contributed by atoms with E-state index < -0.39 is 11.7 Å². The molecule has 6 heteroatoms. The number of carbonyl (C=O) groups excluding carboxylic acids is 1. The lowest BCUT2D eigenvalue weighted by molar-refractivity contribution is -0.137. The molecule has 0 heterocycles. The molecule has 1 aliphatic rings. The van der Waals surface area contributed by atoms with Crippen LogP contribution in [0.5, 0.6) is 0 Å². The van der Waals surface area contributed by atoms with E-state index in [0.717, 1.165) is 30.0 Å². The zero-order chi connectivity index (χ0) is 17.9. The first-order valence-corrected chi connectivity index (χ1v) is 9.08. The van der Waals surface area contributed by atoms with Crippen molar-refractivity contribution in [3.63, 3.8) is 0 Å². The van der Waals surface area contributed by atoms with Crippen molar-refractivity contribution in [3.8, 4) is 0 Å². The largest absolute Gasteiger partial charge is 0.416 e. The SMILES string of the molecule is CCCSC(C)C1CC(NC)=C(c2cccc(C(F)(F)F)c2)C1=O. The Labute approximate surface area is 144 Å². The highest BCUT2D eigenvalue weighted by Crippen LogP contribution is 2.40. The van der Waals surface area contributed by atoms with Gasteiger partial charge >= 0.3 is 6.18 Å².